The molecule has 7 nitrogen and oxygen atoms in total. The van der Waals surface area contributed by atoms with E-state index >= 15 is 0 Å². The summed E-state index contributed by atoms with van der Waals surface area (Å²) in [6.45, 7) is 2.77. The number of nitrogens with zero attached hydrogens (tertiary/aromatic N) is 1. The Balaban J connectivity index is 2.31. The highest BCUT2D eigenvalue weighted by molar-refractivity contribution is 6.05. The summed E-state index contributed by atoms with van der Waals surface area (Å²) in [7, 11) is 1.49. The zero-order chi connectivity index (χ0) is 20.4. The Morgan fingerprint density at radius 3 is 2.32 bits per heavy atom. The number of aromatic nitrogens is 1. The van der Waals surface area contributed by atoms with Crippen LogP contribution in [0.2, 0.25) is 0 Å². The molecule has 0 spiro atoms. The fraction of sp³-hybridized carbons (Fsp3) is 0.190. The van der Waals surface area contributed by atoms with E-state index in [1.165, 1.54) is 11.7 Å². The van der Waals surface area contributed by atoms with E-state index in [1.807, 2.05) is 0 Å². The summed E-state index contributed by atoms with van der Waals surface area (Å²) in [4.78, 5) is 36.5. The van der Waals surface area contributed by atoms with E-state index < -0.39 is 18.0 Å². The van der Waals surface area contributed by atoms with E-state index in [1.54, 1.807) is 55.5 Å². The number of hydrogen-bond acceptors (Lipinski definition) is 5. The molecule has 3 aromatic rings. The van der Waals surface area contributed by atoms with Crippen molar-refractivity contribution in [3.63, 3.8) is 0 Å². The second-order valence-electron chi connectivity index (χ2n) is 6.22. The van der Waals surface area contributed by atoms with Crippen LogP contribution in [-0.2, 0) is 14.3 Å². The third kappa shape index (κ3) is 3.34. The summed E-state index contributed by atoms with van der Waals surface area (Å²) in [5.74, 6) is -1.88. The monoisotopic (exact) mass is 381 g/mol. The van der Waals surface area contributed by atoms with E-state index in [-0.39, 0.29) is 11.5 Å². The van der Waals surface area contributed by atoms with Gasteiger partial charge in [-0.3, -0.25) is 14.2 Å². The van der Waals surface area contributed by atoms with Crippen molar-refractivity contribution in [1.82, 2.24) is 4.57 Å². The number of rotatable bonds is 5. The zero-order valence-corrected chi connectivity index (χ0v) is 15.6. The highest BCUT2D eigenvalue weighted by atomic mass is 16.6. The number of fused-ring (bicyclic) bond motifs is 1. The molecule has 1 atom stereocenters. The summed E-state index contributed by atoms with van der Waals surface area (Å²) in [5, 5.41) is 10.1. The number of carboxylic acid groups (broad SMARTS) is 1. The average Bonchev–Trinajstić information content (AvgIpc) is 2.96. The summed E-state index contributed by atoms with van der Waals surface area (Å²) in [5.41, 5.74) is 1.57. The lowest BCUT2D eigenvalue weighted by atomic mass is 10.0. The second-order valence-corrected chi connectivity index (χ2v) is 6.22. The first-order chi connectivity index (χ1) is 13.3. The molecule has 144 valence electrons. The van der Waals surface area contributed by atoms with Gasteiger partial charge in [-0.05, 0) is 37.3 Å². The third-order valence-electron chi connectivity index (χ3n) is 4.45. The van der Waals surface area contributed by atoms with Crippen LogP contribution in [0.1, 0.15) is 34.6 Å². The van der Waals surface area contributed by atoms with Crippen LogP contribution >= 0.6 is 0 Å². The molecule has 28 heavy (non-hydrogen) atoms. The molecule has 0 aliphatic heterocycles. The Hall–Kier alpha value is -3.61. The van der Waals surface area contributed by atoms with Crippen LogP contribution in [0.5, 0.6) is 5.75 Å². The standard InChI is InChI=1S/C21H19NO6/c1-12-18(19(21(25)26)28-13(2)23)16-11-15(27-3)9-10-17(16)22(12)20(24)14-7-5-4-6-8-14/h4-11,19H,1-3H3,(H,25,26). The lowest BCUT2D eigenvalue weighted by Gasteiger charge is -2.14. The molecular formula is C21H19NO6. The number of methoxy groups -OCH3 is 1. The molecule has 1 aromatic heterocycles. The highest BCUT2D eigenvalue weighted by Gasteiger charge is 2.31. The largest absolute Gasteiger partial charge is 0.497 e. The van der Waals surface area contributed by atoms with Crippen molar-refractivity contribution in [2.45, 2.75) is 20.0 Å². The van der Waals surface area contributed by atoms with Crippen LogP contribution in [0, 0.1) is 6.92 Å². The van der Waals surface area contributed by atoms with E-state index in [4.69, 9.17) is 9.47 Å². The molecule has 0 bridgehead atoms. The van der Waals surface area contributed by atoms with Gasteiger partial charge in [-0.15, -0.1) is 0 Å². The molecule has 0 amide bonds. The number of aliphatic carboxylic acids is 1. The first-order valence-electron chi connectivity index (χ1n) is 8.54. The van der Waals surface area contributed by atoms with Crippen molar-refractivity contribution in [3.8, 4) is 5.75 Å². The van der Waals surface area contributed by atoms with Crippen molar-refractivity contribution in [1.29, 1.82) is 0 Å². The molecule has 3 rings (SSSR count). The van der Waals surface area contributed by atoms with Crippen LogP contribution in [0.25, 0.3) is 10.9 Å². The molecule has 1 unspecified atom stereocenters. The molecule has 1 heterocycles. The van der Waals surface area contributed by atoms with Gasteiger partial charge in [0.2, 0.25) is 6.10 Å². The van der Waals surface area contributed by atoms with Crippen LogP contribution in [0.15, 0.2) is 48.5 Å². The van der Waals surface area contributed by atoms with Crippen molar-refractivity contribution in [2.75, 3.05) is 7.11 Å². The molecule has 0 aliphatic carbocycles. The van der Waals surface area contributed by atoms with Crippen molar-refractivity contribution < 1.29 is 29.0 Å². The molecule has 1 N–H and O–H groups in total. The third-order valence-corrected chi connectivity index (χ3v) is 4.45. The average molecular weight is 381 g/mol. The lowest BCUT2D eigenvalue weighted by molar-refractivity contribution is -0.163. The molecular weight excluding hydrogens is 362 g/mol. The van der Waals surface area contributed by atoms with Crippen LogP contribution in [0.4, 0.5) is 0 Å². The SMILES string of the molecule is COc1ccc2c(c1)c(C(OC(C)=O)C(=O)O)c(C)n2C(=O)c1ccccc1. The smallest absolute Gasteiger partial charge is 0.349 e. The van der Waals surface area contributed by atoms with Crippen LogP contribution < -0.4 is 4.74 Å². The fourth-order valence-corrected chi connectivity index (χ4v) is 3.25. The van der Waals surface area contributed by atoms with Gasteiger partial charge in [0.1, 0.15) is 5.75 Å². The Bertz CT molecular complexity index is 1070. The topological polar surface area (TPSA) is 94.8 Å². The van der Waals surface area contributed by atoms with Gasteiger partial charge < -0.3 is 14.6 Å². The number of benzene rings is 2. The molecule has 0 saturated heterocycles. The van der Waals surface area contributed by atoms with Gasteiger partial charge in [-0.2, -0.15) is 0 Å². The van der Waals surface area contributed by atoms with Gasteiger partial charge in [0.15, 0.2) is 0 Å². The van der Waals surface area contributed by atoms with Gasteiger partial charge in [-0.25, -0.2) is 4.79 Å². The summed E-state index contributed by atoms with van der Waals surface area (Å²) >= 11 is 0. The van der Waals surface area contributed by atoms with Gasteiger partial charge >= 0.3 is 11.9 Å². The number of carboxylic acids is 1. The molecule has 0 radical (unpaired) electrons. The number of esters is 1. The van der Waals surface area contributed by atoms with Crippen molar-refractivity contribution in [2.24, 2.45) is 0 Å². The van der Waals surface area contributed by atoms with Gasteiger partial charge in [0, 0.05) is 29.1 Å². The fourth-order valence-electron chi connectivity index (χ4n) is 3.25. The van der Waals surface area contributed by atoms with E-state index in [9.17, 15) is 19.5 Å². The number of carbonyl (C=O) groups excluding carboxylic acids is 2. The Morgan fingerprint density at radius 1 is 1.07 bits per heavy atom. The Kier molecular flexibility index (Phi) is 5.17. The minimum atomic E-state index is -1.54. The maximum Gasteiger partial charge on any atom is 0.349 e. The minimum absolute atomic E-state index is 0.237. The predicted octanol–water partition coefficient (Wildman–Crippen LogP) is 3.34. The quantitative estimate of drug-likeness (QED) is 0.681. The van der Waals surface area contributed by atoms with Crippen LogP contribution in [0.3, 0.4) is 0 Å². The zero-order valence-electron chi connectivity index (χ0n) is 15.6. The van der Waals surface area contributed by atoms with E-state index in [0.29, 0.717) is 27.9 Å². The molecule has 7 heteroatoms. The van der Waals surface area contributed by atoms with Crippen molar-refractivity contribution >= 4 is 28.7 Å². The molecule has 0 fully saturated rings. The maximum atomic E-state index is 13.1. The predicted molar refractivity (Wildman–Crippen MR) is 102 cm³/mol. The highest BCUT2D eigenvalue weighted by Crippen LogP contribution is 2.35. The molecule has 2 aromatic carbocycles. The van der Waals surface area contributed by atoms with Crippen molar-refractivity contribution in [3.05, 3.63) is 65.4 Å². The molecule has 0 saturated carbocycles. The Morgan fingerprint density at radius 2 is 1.75 bits per heavy atom. The minimum Gasteiger partial charge on any atom is -0.497 e. The first-order valence-corrected chi connectivity index (χ1v) is 8.54. The summed E-state index contributed by atoms with van der Waals surface area (Å²) in [6, 6.07) is 13.6. The maximum absolute atomic E-state index is 13.1. The van der Waals surface area contributed by atoms with Gasteiger partial charge in [0.25, 0.3) is 5.91 Å². The lowest BCUT2D eigenvalue weighted by Crippen LogP contribution is -2.20. The van der Waals surface area contributed by atoms with Gasteiger partial charge in [-0.1, -0.05) is 18.2 Å². The van der Waals surface area contributed by atoms with Crippen LogP contribution in [-0.4, -0.2) is 34.6 Å². The number of ether oxygens (including phenoxy) is 2. The van der Waals surface area contributed by atoms with E-state index in [0.717, 1.165) is 6.92 Å². The van der Waals surface area contributed by atoms with E-state index in [2.05, 4.69) is 0 Å². The summed E-state index contributed by atoms with van der Waals surface area (Å²) < 4.78 is 11.7. The number of hydrogen-bond donors (Lipinski definition) is 1. The Labute approximate surface area is 161 Å². The summed E-state index contributed by atoms with van der Waals surface area (Å²) in [6.07, 6.45) is -1.54. The second kappa shape index (κ2) is 7.56. The number of carbonyl (C=O) groups is 3. The molecule has 0 aliphatic rings. The normalized spacial score (nSPS) is 11.8. The first kappa shape index (κ1) is 19.2. The van der Waals surface area contributed by atoms with Gasteiger partial charge in [0.05, 0.1) is 12.6 Å².